The third-order valence-electron chi connectivity index (χ3n) is 6.43. The van der Waals surface area contributed by atoms with Crippen LogP contribution in [0.4, 0.5) is 5.69 Å². The molecule has 0 saturated heterocycles. The Bertz CT molecular complexity index is 1200. The zero-order valence-corrected chi connectivity index (χ0v) is 23.2. The molecule has 0 spiro atoms. The highest BCUT2D eigenvalue weighted by Gasteiger charge is 2.32. The quantitative estimate of drug-likeness (QED) is 0.476. The van der Waals surface area contributed by atoms with E-state index in [1.165, 1.54) is 17.0 Å². The van der Waals surface area contributed by atoms with Gasteiger partial charge in [0.05, 0.1) is 22.0 Å². The van der Waals surface area contributed by atoms with E-state index in [4.69, 9.17) is 23.2 Å². The van der Waals surface area contributed by atoms with Crippen molar-refractivity contribution in [2.45, 2.75) is 64.6 Å². The second-order valence-electron chi connectivity index (χ2n) is 9.37. The van der Waals surface area contributed by atoms with Crippen LogP contribution >= 0.6 is 23.2 Å². The number of carbonyl (C=O) groups is 2. The molecule has 0 aromatic heterocycles. The van der Waals surface area contributed by atoms with E-state index in [1.807, 2.05) is 31.2 Å². The molecule has 0 aliphatic heterocycles. The summed E-state index contributed by atoms with van der Waals surface area (Å²) in [5, 5.41) is 3.29. The van der Waals surface area contributed by atoms with Gasteiger partial charge in [-0.2, -0.15) is 0 Å². The summed E-state index contributed by atoms with van der Waals surface area (Å²) in [4.78, 5) is 28.3. The molecule has 1 aliphatic rings. The molecule has 0 heterocycles. The first kappa shape index (κ1) is 28.3. The highest BCUT2D eigenvalue weighted by Crippen LogP contribution is 2.33. The molecule has 2 amide bonds. The first-order chi connectivity index (χ1) is 17.0. The van der Waals surface area contributed by atoms with E-state index in [0.29, 0.717) is 0 Å². The van der Waals surface area contributed by atoms with Gasteiger partial charge in [-0.3, -0.25) is 13.9 Å². The van der Waals surface area contributed by atoms with E-state index in [2.05, 4.69) is 5.32 Å². The predicted molar refractivity (Wildman–Crippen MR) is 145 cm³/mol. The minimum atomic E-state index is -3.89. The molecule has 196 valence electrons. The van der Waals surface area contributed by atoms with Crippen molar-refractivity contribution in [2.24, 2.45) is 0 Å². The number of nitrogens with zero attached hydrogens (tertiary/aromatic N) is 2. The van der Waals surface area contributed by atoms with Crippen molar-refractivity contribution in [1.29, 1.82) is 0 Å². The summed E-state index contributed by atoms with van der Waals surface area (Å²) in [6.07, 6.45) is 6.12. The van der Waals surface area contributed by atoms with Gasteiger partial charge in [-0.15, -0.1) is 0 Å². The van der Waals surface area contributed by atoms with Crippen molar-refractivity contribution >= 4 is 50.7 Å². The van der Waals surface area contributed by atoms with Crippen molar-refractivity contribution < 1.29 is 18.0 Å². The number of carbonyl (C=O) groups excluding carboxylic acids is 2. The van der Waals surface area contributed by atoms with Crippen LogP contribution in [0.3, 0.4) is 0 Å². The third-order valence-corrected chi connectivity index (χ3v) is 8.37. The Kier molecular flexibility index (Phi) is 9.66. The lowest BCUT2D eigenvalue weighted by Crippen LogP contribution is -2.53. The summed E-state index contributed by atoms with van der Waals surface area (Å²) in [6, 6.07) is 11.5. The summed E-state index contributed by atoms with van der Waals surface area (Å²) in [6.45, 7) is 3.25. The Hall–Kier alpha value is -2.29. The normalized spacial score (nSPS) is 15.2. The lowest BCUT2D eigenvalue weighted by atomic mass is 9.95. The second kappa shape index (κ2) is 12.3. The van der Waals surface area contributed by atoms with Gasteiger partial charge in [0.2, 0.25) is 21.8 Å². The van der Waals surface area contributed by atoms with E-state index < -0.39 is 28.5 Å². The minimum absolute atomic E-state index is 0.0331. The number of benzene rings is 2. The molecular formula is C26H33Cl2N3O4S. The molecule has 1 saturated carbocycles. The smallest absolute Gasteiger partial charge is 0.244 e. The molecule has 1 fully saturated rings. The Morgan fingerprint density at radius 1 is 1.08 bits per heavy atom. The highest BCUT2D eigenvalue weighted by molar-refractivity contribution is 7.92. The van der Waals surface area contributed by atoms with E-state index in [1.54, 1.807) is 13.0 Å². The third kappa shape index (κ3) is 7.37. The Morgan fingerprint density at radius 3 is 2.39 bits per heavy atom. The largest absolute Gasteiger partial charge is 0.352 e. The fourth-order valence-corrected chi connectivity index (χ4v) is 5.74. The Balaban J connectivity index is 1.90. The van der Waals surface area contributed by atoms with Crippen LogP contribution in [-0.4, -0.2) is 50.0 Å². The molecule has 0 unspecified atom stereocenters. The lowest BCUT2D eigenvalue weighted by molar-refractivity contribution is -0.139. The number of amides is 2. The SMILES string of the molecule is Cc1cccc(CN(C(=O)CN(c2cccc(Cl)c2Cl)S(C)(=O)=O)[C@@H](C)C(=O)NC2CCCCC2)c1. The molecule has 1 aliphatic carbocycles. The number of rotatable bonds is 9. The van der Waals surface area contributed by atoms with Gasteiger partial charge in [0.25, 0.3) is 0 Å². The number of halogens is 2. The van der Waals surface area contributed by atoms with Gasteiger partial charge >= 0.3 is 0 Å². The number of hydrogen-bond donors (Lipinski definition) is 1. The van der Waals surface area contributed by atoms with E-state index >= 15 is 0 Å². The van der Waals surface area contributed by atoms with Crippen molar-refractivity contribution in [1.82, 2.24) is 10.2 Å². The molecule has 1 atom stereocenters. The molecule has 7 nitrogen and oxygen atoms in total. The average Bonchev–Trinajstić information content (AvgIpc) is 2.82. The predicted octanol–water partition coefficient (Wildman–Crippen LogP) is 4.93. The zero-order valence-electron chi connectivity index (χ0n) is 20.8. The Labute approximate surface area is 223 Å². The van der Waals surface area contributed by atoms with Crippen LogP contribution in [0.25, 0.3) is 0 Å². The van der Waals surface area contributed by atoms with Gasteiger partial charge in [-0.25, -0.2) is 8.42 Å². The van der Waals surface area contributed by atoms with Gasteiger partial charge in [0.1, 0.15) is 12.6 Å². The molecule has 1 N–H and O–H groups in total. The van der Waals surface area contributed by atoms with Crippen LogP contribution in [-0.2, 0) is 26.2 Å². The van der Waals surface area contributed by atoms with Gasteiger partial charge in [-0.1, -0.05) is 78.4 Å². The number of hydrogen-bond acceptors (Lipinski definition) is 4. The summed E-state index contributed by atoms with van der Waals surface area (Å²) < 4.78 is 26.3. The topological polar surface area (TPSA) is 86.8 Å². The molecule has 0 bridgehead atoms. The van der Waals surface area contributed by atoms with Crippen molar-refractivity contribution in [3.63, 3.8) is 0 Å². The zero-order chi connectivity index (χ0) is 26.5. The van der Waals surface area contributed by atoms with Crippen LogP contribution in [0.2, 0.25) is 10.0 Å². The van der Waals surface area contributed by atoms with Gasteiger partial charge in [0, 0.05) is 12.6 Å². The maximum absolute atomic E-state index is 13.7. The number of nitrogens with one attached hydrogen (secondary N) is 1. The van der Waals surface area contributed by atoms with E-state index in [9.17, 15) is 18.0 Å². The maximum atomic E-state index is 13.7. The molecule has 0 radical (unpaired) electrons. The van der Waals surface area contributed by atoms with Gasteiger partial charge in [-0.05, 0) is 44.4 Å². The standard InChI is InChI=1S/C26H33Cl2N3O4S/c1-18-9-7-10-20(15-18)16-30(19(2)26(33)29-21-11-5-4-6-12-21)24(32)17-31(36(3,34)35)23-14-8-13-22(27)25(23)28/h7-10,13-15,19,21H,4-6,11-12,16-17H2,1-3H3,(H,29,33)/t19-/m0/s1. The number of sulfonamides is 1. The highest BCUT2D eigenvalue weighted by atomic mass is 35.5. The number of aryl methyl sites for hydroxylation is 1. The van der Waals surface area contributed by atoms with Crippen LogP contribution < -0.4 is 9.62 Å². The summed E-state index contributed by atoms with van der Waals surface area (Å²) >= 11 is 12.4. The molecular weight excluding hydrogens is 521 g/mol. The lowest BCUT2D eigenvalue weighted by Gasteiger charge is -2.33. The van der Waals surface area contributed by atoms with Crippen LogP contribution in [0.15, 0.2) is 42.5 Å². The first-order valence-electron chi connectivity index (χ1n) is 12.0. The molecule has 2 aromatic carbocycles. The van der Waals surface area contributed by atoms with E-state index in [-0.39, 0.29) is 34.2 Å². The fourth-order valence-electron chi connectivity index (χ4n) is 4.44. The minimum Gasteiger partial charge on any atom is -0.352 e. The van der Waals surface area contributed by atoms with Crippen LogP contribution in [0.5, 0.6) is 0 Å². The Morgan fingerprint density at radius 2 is 1.75 bits per heavy atom. The van der Waals surface area contributed by atoms with Gasteiger partial charge < -0.3 is 10.2 Å². The summed E-state index contributed by atoms with van der Waals surface area (Å²) in [5.41, 5.74) is 1.96. The number of anilines is 1. The van der Waals surface area contributed by atoms with Crippen molar-refractivity contribution in [2.75, 3.05) is 17.1 Å². The summed E-state index contributed by atoms with van der Waals surface area (Å²) in [7, 11) is -3.89. The fraction of sp³-hybridized carbons (Fsp3) is 0.462. The van der Waals surface area contributed by atoms with Crippen molar-refractivity contribution in [3.05, 3.63) is 63.6 Å². The van der Waals surface area contributed by atoms with Crippen molar-refractivity contribution in [3.8, 4) is 0 Å². The molecule has 10 heteroatoms. The maximum Gasteiger partial charge on any atom is 0.244 e. The van der Waals surface area contributed by atoms with E-state index in [0.717, 1.165) is 53.8 Å². The second-order valence-corrected chi connectivity index (χ2v) is 12.1. The first-order valence-corrected chi connectivity index (χ1v) is 14.6. The van der Waals surface area contributed by atoms with Crippen LogP contribution in [0.1, 0.15) is 50.2 Å². The average molecular weight is 555 g/mol. The molecule has 2 aromatic rings. The molecule has 3 rings (SSSR count). The molecule has 36 heavy (non-hydrogen) atoms. The van der Waals surface area contributed by atoms with Gasteiger partial charge in [0.15, 0.2) is 0 Å². The van der Waals surface area contributed by atoms with Crippen LogP contribution in [0, 0.1) is 6.92 Å². The monoisotopic (exact) mass is 553 g/mol. The summed E-state index contributed by atoms with van der Waals surface area (Å²) in [5.74, 6) is -0.779.